The van der Waals surface area contributed by atoms with Gasteiger partial charge in [-0.25, -0.2) is 0 Å². The number of nitrogens with one attached hydrogen (secondary N) is 1. The minimum absolute atomic E-state index is 0.190. The van der Waals surface area contributed by atoms with E-state index in [4.69, 9.17) is 0 Å². The minimum atomic E-state index is 0.190. The van der Waals surface area contributed by atoms with E-state index in [1.165, 1.54) is 0 Å². The molecule has 0 spiro atoms. The van der Waals surface area contributed by atoms with E-state index in [1.54, 1.807) is 0 Å². The van der Waals surface area contributed by atoms with Gasteiger partial charge in [0.1, 0.15) is 0 Å². The molecule has 2 aliphatic rings. The van der Waals surface area contributed by atoms with Crippen molar-refractivity contribution in [3.05, 3.63) is 0 Å². The van der Waals surface area contributed by atoms with Crippen molar-refractivity contribution in [3.8, 4) is 0 Å². The third-order valence-electron chi connectivity index (χ3n) is 2.31. The molecule has 1 N–H and O–H groups in total. The fourth-order valence-electron chi connectivity index (χ4n) is 1.69. The van der Waals surface area contributed by atoms with E-state index in [2.05, 4.69) is 10.2 Å². The number of hydrogen-bond acceptors (Lipinski definition) is 2. The molecular weight excluding hydrogens is 116 g/mol. The van der Waals surface area contributed by atoms with E-state index in [-0.39, 0.29) is 11.9 Å². The normalized spacial score (nSPS) is 41.7. The molecule has 0 aromatic carbocycles. The molecule has 3 heteroatoms. The van der Waals surface area contributed by atoms with E-state index < -0.39 is 0 Å². The largest absolute Gasteiger partial charge is 0.339 e. The highest BCUT2D eigenvalue weighted by Crippen LogP contribution is 2.25. The van der Waals surface area contributed by atoms with Crippen LogP contribution in [0, 0.1) is 0 Å². The number of fused-ring (bicyclic) bond motifs is 2. The summed E-state index contributed by atoms with van der Waals surface area (Å²) in [5.41, 5.74) is 0. The summed E-state index contributed by atoms with van der Waals surface area (Å²) < 4.78 is 0. The van der Waals surface area contributed by atoms with Crippen molar-refractivity contribution in [2.75, 3.05) is 7.05 Å². The van der Waals surface area contributed by atoms with E-state index in [0.29, 0.717) is 6.17 Å². The maximum absolute atomic E-state index is 10.9. The molecule has 2 saturated heterocycles. The van der Waals surface area contributed by atoms with Crippen molar-refractivity contribution in [1.82, 2.24) is 10.2 Å². The van der Waals surface area contributed by atoms with Crippen LogP contribution in [0.3, 0.4) is 0 Å². The van der Waals surface area contributed by atoms with Crippen molar-refractivity contribution in [1.29, 1.82) is 0 Å². The summed E-state index contributed by atoms with van der Waals surface area (Å²) >= 11 is 0. The predicted octanol–water partition coefficient (Wildman–Crippen LogP) is -0.464. The molecule has 1 amide bonds. The smallest absolute Gasteiger partial charge is 0.238 e. The SMILES string of the molecule is CN1C2CCC1C(=O)N2. The Kier molecular flexibility index (Phi) is 0.858. The molecule has 9 heavy (non-hydrogen) atoms. The maximum atomic E-state index is 10.9. The van der Waals surface area contributed by atoms with Crippen LogP contribution in [-0.4, -0.2) is 30.1 Å². The van der Waals surface area contributed by atoms with Gasteiger partial charge in [-0.3, -0.25) is 9.69 Å². The lowest BCUT2D eigenvalue weighted by Crippen LogP contribution is -2.32. The van der Waals surface area contributed by atoms with Gasteiger partial charge in [-0.05, 0) is 19.9 Å². The summed E-state index contributed by atoms with van der Waals surface area (Å²) in [6.07, 6.45) is 2.53. The molecule has 3 nitrogen and oxygen atoms in total. The molecule has 2 fully saturated rings. The van der Waals surface area contributed by atoms with Crippen LogP contribution < -0.4 is 5.32 Å². The van der Waals surface area contributed by atoms with Crippen molar-refractivity contribution in [2.24, 2.45) is 0 Å². The monoisotopic (exact) mass is 126 g/mol. The number of piperidine rings is 1. The molecule has 0 aromatic rings. The molecule has 0 aliphatic carbocycles. The Balaban J connectivity index is 2.26. The molecular formula is C6H10N2O. The van der Waals surface area contributed by atoms with Crippen LogP contribution in [0.15, 0.2) is 0 Å². The zero-order valence-corrected chi connectivity index (χ0v) is 5.42. The Labute approximate surface area is 54.0 Å². The Hall–Kier alpha value is -0.570. The topological polar surface area (TPSA) is 32.3 Å². The lowest BCUT2D eigenvalue weighted by atomic mass is 10.1. The quantitative estimate of drug-likeness (QED) is 0.476. The van der Waals surface area contributed by atoms with Gasteiger partial charge in [-0.2, -0.15) is 0 Å². The zero-order chi connectivity index (χ0) is 6.43. The van der Waals surface area contributed by atoms with Crippen molar-refractivity contribution in [2.45, 2.75) is 25.0 Å². The number of likely N-dealkylation sites (N-methyl/N-ethyl adjacent to an activating group) is 1. The maximum Gasteiger partial charge on any atom is 0.238 e. The van der Waals surface area contributed by atoms with Crippen molar-refractivity contribution >= 4 is 5.91 Å². The Morgan fingerprint density at radius 3 is 2.67 bits per heavy atom. The Morgan fingerprint density at radius 1 is 1.67 bits per heavy atom. The Morgan fingerprint density at radius 2 is 2.44 bits per heavy atom. The van der Waals surface area contributed by atoms with Crippen LogP contribution >= 0.6 is 0 Å². The second kappa shape index (κ2) is 1.48. The summed E-state index contributed by atoms with van der Waals surface area (Å²) in [5.74, 6) is 0.216. The molecule has 2 bridgehead atoms. The molecule has 0 aromatic heterocycles. The summed E-state index contributed by atoms with van der Waals surface area (Å²) in [4.78, 5) is 13.0. The second-order valence-electron chi connectivity index (χ2n) is 2.78. The van der Waals surface area contributed by atoms with Crippen LogP contribution in [0.1, 0.15) is 12.8 Å². The number of nitrogens with zero attached hydrogens (tertiary/aromatic N) is 1. The van der Waals surface area contributed by atoms with E-state index in [9.17, 15) is 4.79 Å². The number of carbonyl (C=O) groups excluding carboxylic acids is 1. The predicted molar refractivity (Wildman–Crippen MR) is 32.7 cm³/mol. The molecule has 0 radical (unpaired) electrons. The number of rotatable bonds is 0. The van der Waals surface area contributed by atoms with Gasteiger partial charge in [0, 0.05) is 0 Å². The van der Waals surface area contributed by atoms with Crippen molar-refractivity contribution < 1.29 is 4.79 Å². The van der Waals surface area contributed by atoms with E-state index in [0.717, 1.165) is 12.8 Å². The lowest BCUT2D eigenvalue weighted by molar-refractivity contribution is -0.122. The van der Waals surface area contributed by atoms with Gasteiger partial charge in [0.15, 0.2) is 0 Å². The van der Waals surface area contributed by atoms with Crippen LogP contribution in [0.2, 0.25) is 0 Å². The van der Waals surface area contributed by atoms with Crippen LogP contribution in [-0.2, 0) is 4.79 Å². The highest BCUT2D eigenvalue weighted by atomic mass is 16.2. The number of amides is 1. The molecule has 2 atom stereocenters. The first-order chi connectivity index (χ1) is 4.29. The summed E-state index contributed by atoms with van der Waals surface area (Å²) in [7, 11) is 2.00. The number of hydrogen-bond donors (Lipinski definition) is 1. The Bertz CT molecular complexity index is 157. The first-order valence-corrected chi connectivity index (χ1v) is 3.31. The van der Waals surface area contributed by atoms with Gasteiger partial charge in [-0.15, -0.1) is 0 Å². The molecule has 2 heterocycles. The van der Waals surface area contributed by atoms with Gasteiger partial charge in [0.25, 0.3) is 0 Å². The average molecular weight is 126 g/mol. The summed E-state index contributed by atoms with van der Waals surface area (Å²) in [6.45, 7) is 0. The average Bonchev–Trinajstić information content (AvgIpc) is 2.25. The first-order valence-electron chi connectivity index (χ1n) is 3.31. The molecule has 2 unspecified atom stereocenters. The first kappa shape index (κ1) is 5.23. The summed E-state index contributed by atoms with van der Waals surface area (Å²) in [6, 6.07) is 0.190. The highest BCUT2D eigenvalue weighted by Gasteiger charge is 2.42. The number of carbonyl (C=O) groups is 1. The summed E-state index contributed by atoms with van der Waals surface area (Å²) in [5, 5.41) is 2.89. The van der Waals surface area contributed by atoms with Crippen molar-refractivity contribution in [3.63, 3.8) is 0 Å². The van der Waals surface area contributed by atoms with Gasteiger partial charge in [-0.1, -0.05) is 0 Å². The van der Waals surface area contributed by atoms with Crippen LogP contribution in [0.4, 0.5) is 0 Å². The van der Waals surface area contributed by atoms with Gasteiger partial charge in [0.05, 0.1) is 12.2 Å². The third-order valence-corrected chi connectivity index (χ3v) is 2.31. The molecule has 2 aliphatic heterocycles. The standard InChI is InChI=1S/C6H10N2O/c1-8-4-2-3-5(8)7-6(4)9/h4-5H,2-3H2,1H3,(H,7,9). The molecule has 50 valence electrons. The molecule has 2 rings (SSSR count). The fraction of sp³-hybridized carbons (Fsp3) is 0.833. The fourth-order valence-corrected chi connectivity index (χ4v) is 1.69. The van der Waals surface area contributed by atoms with E-state index >= 15 is 0 Å². The lowest BCUT2D eigenvalue weighted by Gasteiger charge is -2.10. The van der Waals surface area contributed by atoms with Gasteiger partial charge in [0.2, 0.25) is 5.91 Å². The van der Waals surface area contributed by atoms with Crippen LogP contribution in [0.5, 0.6) is 0 Å². The van der Waals surface area contributed by atoms with E-state index in [1.807, 2.05) is 7.05 Å². The zero-order valence-electron chi connectivity index (χ0n) is 5.42. The molecule has 0 saturated carbocycles. The van der Waals surface area contributed by atoms with Gasteiger partial charge >= 0.3 is 0 Å². The van der Waals surface area contributed by atoms with Gasteiger partial charge < -0.3 is 5.32 Å². The minimum Gasteiger partial charge on any atom is -0.339 e. The second-order valence-corrected chi connectivity index (χ2v) is 2.78. The third kappa shape index (κ3) is 0.525. The highest BCUT2D eigenvalue weighted by molar-refractivity contribution is 5.85. The van der Waals surface area contributed by atoms with Crippen LogP contribution in [0.25, 0.3) is 0 Å².